The minimum Gasteiger partial charge on any atom is -0.377 e. The van der Waals surface area contributed by atoms with E-state index in [0.717, 1.165) is 18.8 Å². The van der Waals surface area contributed by atoms with Gasteiger partial charge in [-0.05, 0) is 12.8 Å². The van der Waals surface area contributed by atoms with Crippen LogP contribution in [0.5, 0.6) is 0 Å². The monoisotopic (exact) mass is 292 g/mol. The van der Waals surface area contributed by atoms with Gasteiger partial charge in [-0.2, -0.15) is 5.10 Å². The summed E-state index contributed by atoms with van der Waals surface area (Å²) in [4.78, 5) is 14.3. The molecule has 3 rings (SSSR count). The van der Waals surface area contributed by atoms with Crippen molar-refractivity contribution in [2.24, 2.45) is 5.92 Å². The van der Waals surface area contributed by atoms with Crippen LogP contribution in [0.3, 0.4) is 0 Å². The highest BCUT2D eigenvalue weighted by Crippen LogP contribution is 2.28. The van der Waals surface area contributed by atoms with Gasteiger partial charge in [-0.15, -0.1) is 0 Å². The first-order valence-corrected chi connectivity index (χ1v) is 7.84. The zero-order valence-corrected chi connectivity index (χ0v) is 13.0. The third-order valence-electron chi connectivity index (χ3n) is 4.70. The maximum atomic E-state index is 12.1. The maximum Gasteiger partial charge on any atom is 0.269 e. The molecule has 2 aliphatic heterocycles. The Balaban J connectivity index is 1.93. The van der Waals surface area contributed by atoms with Gasteiger partial charge in [0.05, 0.1) is 25.3 Å². The second-order valence-electron chi connectivity index (χ2n) is 6.11. The molecule has 1 N–H and O–H groups in total. The number of morpholine rings is 1. The number of carbonyl (C=O) groups is 1. The van der Waals surface area contributed by atoms with Gasteiger partial charge in [-0.25, -0.2) is 0 Å². The minimum absolute atomic E-state index is 0.0192. The van der Waals surface area contributed by atoms with Gasteiger partial charge in [-0.3, -0.25) is 9.48 Å². The molecule has 0 aromatic carbocycles. The van der Waals surface area contributed by atoms with Gasteiger partial charge in [0, 0.05) is 19.2 Å². The first kappa shape index (κ1) is 14.4. The summed E-state index contributed by atoms with van der Waals surface area (Å²) < 4.78 is 7.41. The molecule has 6 nitrogen and oxygen atoms in total. The molecule has 0 radical (unpaired) electrons. The molecule has 116 valence electrons. The Kier molecular flexibility index (Phi) is 3.89. The highest BCUT2D eigenvalue weighted by molar-refractivity contribution is 5.94. The molecule has 1 saturated heterocycles. The molecule has 3 atom stereocenters. The quantitative estimate of drug-likeness (QED) is 0.916. The van der Waals surface area contributed by atoms with Gasteiger partial charge in [0.2, 0.25) is 0 Å². The van der Waals surface area contributed by atoms with Crippen LogP contribution in [0.2, 0.25) is 0 Å². The molecule has 21 heavy (non-hydrogen) atoms. The van der Waals surface area contributed by atoms with Crippen LogP contribution in [0.25, 0.3) is 0 Å². The van der Waals surface area contributed by atoms with E-state index in [9.17, 15) is 4.79 Å². The highest BCUT2D eigenvalue weighted by atomic mass is 16.5. The third-order valence-corrected chi connectivity index (χ3v) is 4.70. The molecular formula is C15H24N4O2. The molecule has 3 heterocycles. The van der Waals surface area contributed by atoms with Crippen molar-refractivity contribution < 1.29 is 9.53 Å². The Bertz CT molecular complexity index is 528. The largest absolute Gasteiger partial charge is 0.377 e. The molecular weight excluding hydrogens is 268 g/mol. The lowest BCUT2D eigenvalue weighted by molar-refractivity contribution is 0.0893. The first-order chi connectivity index (χ1) is 10.1. The van der Waals surface area contributed by atoms with Crippen LogP contribution < -0.4 is 10.2 Å². The summed E-state index contributed by atoms with van der Waals surface area (Å²) >= 11 is 0. The lowest BCUT2D eigenvalue weighted by atomic mass is 9.98. The van der Waals surface area contributed by atoms with E-state index in [2.05, 4.69) is 31.0 Å². The predicted molar refractivity (Wildman–Crippen MR) is 80.7 cm³/mol. The van der Waals surface area contributed by atoms with Crippen molar-refractivity contribution in [1.82, 2.24) is 15.1 Å². The summed E-state index contributed by atoms with van der Waals surface area (Å²) in [6, 6.07) is 2.46. The summed E-state index contributed by atoms with van der Waals surface area (Å²) in [6.07, 6.45) is 1.07. The molecule has 1 aromatic rings. The molecule has 2 aliphatic rings. The molecule has 0 aliphatic carbocycles. The van der Waals surface area contributed by atoms with Crippen LogP contribution in [0, 0.1) is 5.92 Å². The van der Waals surface area contributed by atoms with Gasteiger partial charge in [0.1, 0.15) is 5.69 Å². The van der Waals surface area contributed by atoms with Crippen molar-refractivity contribution in [3.8, 4) is 0 Å². The smallest absolute Gasteiger partial charge is 0.269 e. The SMILES string of the molecule is CC[C@H](C)[C@H]1CNC(=O)c2cc(N3CCOC[C@H]3C)nn21. The van der Waals surface area contributed by atoms with Crippen LogP contribution >= 0.6 is 0 Å². The average molecular weight is 292 g/mol. The second-order valence-corrected chi connectivity index (χ2v) is 6.11. The van der Waals surface area contributed by atoms with Gasteiger partial charge in [0.15, 0.2) is 5.82 Å². The van der Waals surface area contributed by atoms with E-state index >= 15 is 0 Å². The van der Waals surface area contributed by atoms with E-state index in [1.165, 1.54) is 0 Å². The summed E-state index contributed by atoms with van der Waals surface area (Å²) in [7, 11) is 0. The van der Waals surface area contributed by atoms with Crippen LogP contribution in [-0.4, -0.2) is 48.0 Å². The zero-order chi connectivity index (χ0) is 15.0. The Morgan fingerprint density at radius 3 is 3.10 bits per heavy atom. The minimum atomic E-state index is -0.0192. The number of nitrogens with one attached hydrogen (secondary N) is 1. The third kappa shape index (κ3) is 2.52. The number of hydrogen-bond donors (Lipinski definition) is 1. The fourth-order valence-corrected chi connectivity index (χ4v) is 3.10. The van der Waals surface area contributed by atoms with E-state index in [1.54, 1.807) is 0 Å². The molecule has 1 aromatic heterocycles. The predicted octanol–water partition coefficient (Wildman–Crippen LogP) is 1.44. The Hall–Kier alpha value is -1.56. The standard InChI is InChI=1S/C15H24N4O2/c1-4-10(2)13-8-16-15(20)12-7-14(17-19(12)13)18-5-6-21-9-11(18)3/h7,10-11,13H,4-6,8-9H2,1-3H3,(H,16,20)/t10-,11+,13+/m0/s1. The highest BCUT2D eigenvalue weighted by Gasteiger charge is 2.32. The van der Waals surface area contributed by atoms with Crippen LogP contribution in [-0.2, 0) is 4.74 Å². The summed E-state index contributed by atoms with van der Waals surface area (Å²) in [5.74, 6) is 1.36. The number of hydrogen-bond acceptors (Lipinski definition) is 4. The summed E-state index contributed by atoms with van der Waals surface area (Å²) in [6.45, 7) is 9.44. The maximum absolute atomic E-state index is 12.1. The molecule has 6 heteroatoms. The topological polar surface area (TPSA) is 59.4 Å². The van der Waals surface area contributed by atoms with Crippen LogP contribution in [0.4, 0.5) is 5.82 Å². The fraction of sp³-hybridized carbons (Fsp3) is 0.733. The van der Waals surface area contributed by atoms with Crippen molar-refractivity contribution in [3.05, 3.63) is 11.8 Å². The number of carbonyl (C=O) groups excluding carboxylic acids is 1. The molecule has 0 unspecified atom stereocenters. The zero-order valence-electron chi connectivity index (χ0n) is 13.0. The van der Waals surface area contributed by atoms with E-state index in [-0.39, 0.29) is 11.9 Å². The lowest BCUT2D eigenvalue weighted by Crippen LogP contribution is -2.44. The molecule has 1 amide bonds. The number of aromatic nitrogens is 2. The van der Waals surface area contributed by atoms with Gasteiger partial charge >= 0.3 is 0 Å². The van der Waals surface area contributed by atoms with Gasteiger partial charge in [-0.1, -0.05) is 20.3 Å². The second kappa shape index (κ2) is 5.67. The van der Waals surface area contributed by atoms with Crippen molar-refractivity contribution in [1.29, 1.82) is 0 Å². The van der Waals surface area contributed by atoms with Crippen molar-refractivity contribution in [3.63, 3.8) is 0 Å². The van der Waals surface area contributed by atoms with E-state index < -0.39 is 0 Å². The molecule has 0 bridgehead atoms. The summed E-state index contributed by atoms with van der Waals surface area (Å²) in [5, 5.41) is 7.74. The van der Waals surface area contributed by atoms with E-state index in [1.807, 2.05) is 10.7 Å². The lowest BCUT2D eigenvalue weighted by Gasteiger charge is -2.33. The van der Waals surface area contributed by atoms with Gasteiger partial charge in [0.25, 0.3) is 5.91 Å². The number of amides is 1. The van der Waals surface area contributed by atoms with Crippen LogP contribution in [0.1, 0.15) is 43.7 Å². The fourth-order valence-electron chi connectivity index (χ4n) is 3.10. The first-order valence-electron chi connectivity index (χ1n) is 7.84. The van der Waals surface area contributed by atoms with Crippen molar-refractivity contribution in [2.45, 2.75) is 39.3 Å². The van der Waals surface area contributed by atoms with Crippen LogP contribution in [0.15, 0.2) is 6.07 Å². The molecule has 1 fully saturated rings. The number of ether oxygens (including phenoxy) is 1. The Morgan fingerprint density at radius 1 is 1.57 bits per heavy atom. The van der Waals surface area contributed by atoms with Gasteiger partial charge < -0.3 is 15.0 Å². The normalized spacial score (nSPS) is 27.2. The molecule has 0 spiro atoms. The Labute approximate surface area is 125 Å². The average Bonchev–Trinajstić information content (AvgIpc) is 2.93. The summed E-state index contributed by atoms with van der Waals surface area (Å²) in [5.41, 5.74) is 0.681. The Morgan fingerprint density at radius 2 is 2.38 bits per heavy atom. The number of fused-ring (bicyclic) bond motifs is 1. The number of rotatable bonds is 3. The number of anilines is 1. The van der Waals surface area contributed by atoms with Crippen molar-refractivity contribution >= 4 is 11.7 Å². The van der Waals surface area contributed by atoms with E-state index in [0.29, 0.717) is 37.4 Å². The van der Waals surface area contributed by atoms with E-state index in [4.69, 9.17) is 9.84 Å². The van der Waals surface area contributed by atoms with Crippen molar-refractivity contribution in [2.75, 3.05) is 31.2 Å². The molecule has 0 saturated carbocycles. The number of nitrogens with zero attached hydrogens (tertiary/aromatic N) is 3.